The number of rotatable bonds is 8. The molecule has 0 saturated heterocycles. The third-order valence-electron chi connectivity index (χ3n) is 5.79. The van der Waals surface area contributed by atoms with E-state index in [0.717, 1.165) is 47.8 Å². The number of hydrogen-bond donors (Lipinski definition) is 0. The molecular formula is C24H34N4O. The number of anilines is 1. The summed E-state index contributed by atoms with van der Waals surface area (Å²) in [4.78, 5) is 26.5. The highest BCUT2D eigenvalue weighted by Gasteiger charge is 2.26. The molecular weight excluding hydrogens is 360 g/mol. The second-order valence-corrected chi connectivity index (χ2v) is 8.02. The van der Waals surface area contributed by atoms with Crippen LogP contribution in [-0.4, -0.2) is 40.9 Å². The number of amides is 1. The van der Waals surface area contributed by atoms with Crippen LogP contribution < -0.4 is 4.90 Å². The Kier molecular flexibility index (Phi) is 7.24. The van der Waals surface area contributed by atoms with Gasteiger partial charge in [0.1, 0.15) is 11.6 Å². The van der Waals surface area contributed by atoms with Gasteiger partial charge in [-0.3, -0.25) is 4.79 Å². The van der Waals surface area contributed by atoms with Gasteiger partial charge in [-0.1, -0.05) is 38.3 Å². The molecule has 156 valence electrons. The van der Waals surface area contributed by atoms with Crippen molar-refractivity contribution in [1.29, 1.82) is 0 Å². The van der Waals surface area contributed by atoms with Crippen LogP contribution in [0.1, 0.15) is 72.5 Å². The first-order valence-electron chi connectivity index (χ1n) is 11.0. The Labute approximate surface area is 175 Å². The number of aromatic nitrogens is 2. The van der Waals surface area contributed by atoms with Crippen LogP contribution in [0, 0.1) is 6.92 Å². The van der Waals surface area contributed by atoms with Crippen LogP contribution in [0.2, 0.25) is 0 Å². The van der Waals surface area contributed by atoms with Gasteiger partial charge in [0, 0.05) is 37.7 Å². The first-order chi connectivity index (χ1) is 14.0. The molecule has 1 aliphatic heterocycles. The maximum Gasteiger partial charge on any atom is 0.254 e. The lowest BCUT2D eigenvalue weighted by Crippen LogP contribution is -2.38. The maximum absolute atomic E-state index is 13.1. The molecule has 0 N–H and O–H groups in total. The molecule has 1 aromatic heterocycles. The molecule has 5 heteroatoms. The van der Waals surface area contributed by atoms with E-state index in [1.54, 1.807) is 0 Å². The van der Waals surface area contributed by atoms with Crippen LogP contribution in [0.25, 0.3) is 0 Å². The Morgan fingerprint density at radius 2 is 1.86 bits per heavy atom. The van der Waals surface area contributed by atoms with Gasteiger partial charge in [-0.2, -0.15) is 0 Å². The van der Waals surface area contributed by atoms with Gasteiger partial charge in [-0.05, 0) is 44.4 Å². The molecule has 0 fully saturated rings. The van der Waals surface area contributed by atoms with Crippen LogP contribution in [0.4, 0.5) is 5.82 Å². The number of carbonyl (C=O) groups excluding carboxylic acids is 1. The fourth-order valence-corrected chi connectivity index (χ4v) is 3.91. The summed E-state index contributed by atoms with van der Waals surface area (Å²) in [6, 6.07) is 8.19. The third-order valence-corrected chi connectivity index (χ3v) is 5.79. The SMILES string of the molecule is CCCCCCc1ccc(C(=O)N2CCc3nc(C)nc(N(C)CC)c3C2)cc1. The Bertz CT molecular complexity index is 832. The molecule has 1 aliphatic rings. The minimum atomic E-state index is 0.0962. The molecule has 0 aliphatic carbocycles. The zero-order valence-electron chi connectivity index (χ0n) is 18.4. The fourth-order valence-electron chi connectivity index (χ4n) is 3.91. The summed E-state index contributed by atoms with van der Waals surface area (Å²) in [7, 11) is 2.04. The van der Waals surface area contributed by atoms with Crippen molar-refractivity contribution >= 4 is 11.7 Å². The summed E-state index contributed by atoms with van der Waals surface area (Å²) >= 11 is 0. The molecule has 5 nitrogen and oxygen atoms in total. The van der Waals surface area contributed by atoms with Gasteiger partial charge in [0.2, 0.25) is 0 Å². The lowest BCUT2D eigenvalue weighted by atomic mass is 10.0. The van der Waals surface area contributed by atoms with Crippen molar-refractivity contribution in [2.24, 2.45) is 0 Å². The highest BCUT2D eigenvalue weighted by Crippen LogP contribution is 2.27. The Morgan fingerprint density at radius 1 is 1.10 bits per heavy atom. The number of hydrogen-bond acceptors (Lipinski definition) is 4. The number of unbranched alkanes of at least 4 members (excludes halogenated alkanes) is 3. The normalized spacial score (nSPS) is 13.3. The zero-order valence-corrected chi connectivity index (χ0v) is 18.4. The van der Waals surface area contributed by atoms with Gasteiger partial charge in [0.05, 0.1) is 12.2 Å². The Balaban J connectivity index is 1.70. The summed E-state index contributed by atoms with van der Waals surface area (Å²) in [6.45, 7) is 8.43. The lowest BCUT2D eigenvalue weighted by Gasteiger charge is -2.31. The number of nitrogens with zero attached hydrogens (tertiary/aromatic N) is 4. The van der Waals surface area contributed by atoms with Crippen molar-refractivity contribution in [2.75, 3.05) is 25.0 Å². The van der Waals surface area contributed by atoms with E-state index in [9.17, 15) is 4.79 Å². The predicted molar refractivity (Wildman–Crippen MR) is 118 cm³/mol. The van der Waals surface area contributed by atoms with E-state index in [2.05, 4.69) is 40.8 Å². The number of fused-ring (bicyclic) bond motifs is 1. The Hall–Kier alpha value is -2.43. The van der Waals surface area contributed by atoms with Gasteiger partial charge in [0.15, 0.2) is 0 Å². The summed E-state index contributed by atoms with van der Waals surface area (Å²) in [5.74, 6) is 1.85. The van der Waals surface area contributed by atoms with E-state index in [4.69, 9.17) is 0 Å². The van der Waals surface area contributed by atoms with E-state index in [1.165, 1.54) is 31.2 Å². The molecule has 0 unspecified atom stereocenters. The van der Waals surface area contributed by atoms with E-state index >= 15 is 0 Å². The number of benzene rings is 1. The molecule has 29 heavy (non-hydrogen) atoms. The van der Waals surface area contributed by atoms with Gasteiger partial charge >= 0.3 is 0 Å². The molecule has 2 heterocycles. The van der Waals surface area contributed by atoms with Crippen molar-refractivity contribution in [3.8, 4) is 0 Å². The second kappa shape index (κ2) is 9.86. The first-order valence-corrected chi connectivity index (χ1v) is 11.0. The predicted octanol–water partition coefficient (Wildman–Crippen LogP) is 4.56. The fraction of sp³-hybridized carbons (Fsp3) is 0.542. The van der Waals surface area contributed by atoms with E-state index in [-0.39, 0.29) is 5.91 Å². The molecule has 0 atom stereocenters. The minimum absolute atomic E-state index is 0.0962. The van der Waals surface area contributed by atoms with Crippen LogP contribution in [0.15, 0.2) is 24.3 Å². The molecule has 1 amide bonds. The molecule has 0 bridgehead atoms. The van der Waals surface area contributed by atoms with Crippen molar-refractivity contribution < 1.29 is 4.79 Å². The Morgan fingerprint density at radius 3 is 2.55 bits per heavy atom. The van der Waals surface area contributed by atoms with Crippen LogP contribution in [0.5, 0.6) is 0 Å². The van der Waals surface area contributed by atoms with Crippen LogP contribution in [0.3, 0.4) is 0 Å². The van der Waals surface area contributed by atoms with Gasteiger partial charge < -0.3 is 9.80 Å². The van der Waals surface area contributed by atoms with Crippen LogP contribution in [-0.2, 0) is 19.4 Å². The first kappa shape index (κ1) is 21.3. The zero-order chi connectivity index (χ0) is 20.8. The maximum atomic E-state index is 13.1. The third kappa shape index (κ3) is 5.14. The highest BCUT2D eigenvalue weighted by molar-refractivity contribution is 5.94. The van der Waals surface area contributed by atoms with Gasteiger partial charge in [-0.25, -0.2) is 9.97 Å². The second-order valence-electron chi connectivity index (χ2n) is 8.02. The molecule has 2 aromatic rings. The summed E-state index contributed by atoms with van der Waals surface area (Å²) in [5, 5.41) is 0. The molecule has 0 radical (unpaired) electrons. The number of carbonyl (C=O) groups is 1. The lowest BCUT2D eigenvalue weighted by molar-refractivity contribution is 0.0733. The summed E-state index contributed by atoms with van der Waals surface area (Å²) < 4.78 is 0. The quantitative estimate of drug-likeness (QED) is 0.616. The van der Waals surface area contributed by atoms with E-state index in [1.807, 2.05) is 31.0 Å². The highest BCUT2D eigenvalue weighted by atomic mass is 16.2. The van der Waals surface area contributed by atoms with Gasteiger partial charge in [0.25, 0.3) is 5.91 Å². The van der Waals surface area contributed by atoms with E-state index in [0.29, 0.717) is 13.1 Å². The van der Waals surface area contributed by atoms with Crippen LogP contribution >= 0.6 is 0 Å². The minimum Gasteiger partial charge on any atom is -0.360 e. The van der Waals surface area contributed by atoms with E-state index < -0.39 is 0 Å². The average Bonchev–Trinajstić information content (AvgIpc) is 2.75. The van der Waals surface area contributed by atoms with Crippen molar-refractivity contribution in [1.82, 2.24) is 14.9 Å². The topological polar surface area (TPSA) is 49.3 Å². The smallest absolute Gasteiger partial charge is 0.254 e. The molecule has 0 saturated carbocycles. The monoisotopic (exact) mass is 394 g/mol. The van der Waals surface area contributed by atoms with Crippen molar-refractivity contribution in [3.63, 3.8) is 0 Å². The number of aryl methyl sites for hydroxylation is 2. The largest absolute Gasteiger partial charge is 0.360 e. The van der Waals surface area contributed by atoms with Crippen molar-refractivity contribution in [2.45, 2.75) is 65.8 Å². The van der Waals surface area contributed by atoms with Gasteiger partial charge in [-0.15, -0.1) is 0 Å². The van der Waals surface area contributed by atoms with Crippen molar-refractivity contribution in [3.05, 3.63) is 52.5 Å². The molecule has 1 aromatic carbocycles. The standard InChI is InChI=1S/C24H34N4O/c1-5-7-8-9-10-19-11-13-20(14-12-19)24(29)28-16-15-22-21(17-28)23(27(4)6-2)26-18(3)25-22/h11-14H,5-10,15-17H2,1-4H3. The molecule has 3 rings (SSSR count). The summed E-state index contributed by atoms with van der Waals surface area (Å²) in [6.07, 6.45) is 6.93. The summed E-state index contributed by atoms with van der Waals surface area (Å²) in [5.41, 5.74) is 4.26. The molecule has 0 spiro atoms. The average molecular weight is 395 g/mol.